The van der Waals surface area contributed by atoms with E-state index in [9.17, 15) is 30.3 Å². The quantitative estimate of drug-likeness (QED) is 0.224. The van der Waals surface area contributed by atoms with Crippen molar-refractivity contribution in [1.82, 2.24) is 14.5 Å². The molecule has 0 radical (unpaired) electrons. The van der Waals surface area contributed by atoms with Crippen LogP contribution in [0, 0.1) is 0 Å². The maximum atomic E-state index is 12.5. The molecule has 2 aromatic rings. The van der Waals surface area contributed by atoms with Gasteiger partial charge in [0.05, 0.1) is 12.0 Å². The Kier molecular flexibility index (Phi) is 5.16. The average Bonchev–Trinajstić information content (AvgIpc) is 3.29. The monoisotopic (exact) mass is 410 g/mol. The number of nitrogen functional groups attached to an aromatic ring is 1. The van der Waals surface area contributed by atoms with E-state index in [1.165, 1.54) is 10.6 Å². The molecule has 1 aliphatic carbocycles. The van der Waals surface area contributed by atoms with Gasteiger partial charge in [-0.25, -0.2) is 0 Å². The number of aliphatic hydroxyl groups is 5. The van der Waals surface area contributed by atoms with Gasteiger partial charge < -0.3 is 45.9 Å². The SMILES string of the molecule is Nc1nc2c(c(C[NH2+]C3C=C[C@H](O)[C@@H]3O)cn2[C@@H]2O[C@H](CO)[C@@H](O)[C@H]2O)c(=O)[nH]1. The van der Waals surface area contributed by atoms with E-state index in [2.05, 4.69) is 9.97 Å². The minimum Gasteiger partial charge on any atom is -0.394 e. The van der Waals surface area contributed by atoms with Crippen LogP contribution in [0.25, 0.3) is 11.0 Å². The summed E-state index contributed by atoms with van der Waals surface area (Å²) in [4.78, 5) is 19.1. The zero-order valence-corrected chi connectivity index (χ0v) is 15.3. The number of nitrogens with two attached hydrogens (primary N) is 2. The second kappa shape index (κ2) is 7.50. The van der Waals surface area contributed by atoms with E-state index in [1.54, 1.807) is 17.6 Å². The number of fused-ring (bicyclic) bond motifs is 1. The van der Waals surface area contributed by atoms with Crippen LogP contribution in [0.4, 0.5) is 5.95 Å². The van der Waals surface area contributed by atoms with Gasteiger partial charge in [-0.2, -0.15) is 4.98 Å². The lowest BCUT2D eigenvalue weighted by Crippen LogP contribution is -2.90. The Balaban J connectivity index is 1.71. The van der Waals surface area contributed by atoms with E-state index in [0.717, 1.165) is 0 Å². The largest absolute Gasteiger partial charge is 0.394 e. The first kappa shape index (κ1) is 20.0. The number of aromatic amines is 1. The molecule has 1 aliphatic heterocycles. The van der Waals surface area contributed by atoms with Gasteiger partial charge in [0.2, 0.25) is 5.95 Å². The van der Waals surface area contributed by atoms with Crippen molar-refractivity contribution in [2.75, 3.05) is 12.3 Å². The van der Waals surface area contributed by atoms with Gasteiger partial charge in [-0.1, -0.05) is 6.08 Å². The highest BCUT2D eigenvalue weighted by molar-refractivity contribution is 5.80. The Morgan fingerprint density at radius 3 is 2.59 bits per heavy atom. The summed E-state index contributed by atoms with van der Waals surface area (Å²) in [6, 6.07) is -0.391. The highest BCUT2D eigenvalue weighted by Crippen LogP contribution is 2.32. The lowest BCUT2D eigenvalue weighted by atomic mass is 10.1. The van der Waals surface area contributed by atoms with Crippen molar-refractivity contribution >= 4 is 17.0 Å². The number of ether oxygens (including phenoxy) is 1. The minimum absolute atomic E-state index is 0.124. The molecule has 12 nitrogen and oxygen atoms in total. The van der Waals surface area contributed by atoms with Crippen molar-refractivity contribution in [2.24, 2.45) is 0 Å². The first-order chi connectivity index (χ1) is 13.8. The van der Waals surface area contributed by atoms with Crippen LogP contribution in [0.3, 0.4) is 0 Å². The first-order valence-electron chi connectivity index (χ1n) is 9.21. The molecule has 1 unspecified atom stereocenters. The van der Waals surface area contributed by atoms with Gasteiger partial charge >= 0.3 is 0 Å². The van der Waals surface area contributed by atoms with Gasteiger partial charge in [0.15, 0.2) is 11.9 Å². The number of aromatic nitrogens is 3. The summed E-state index contributed by atoms with van der Waals surface area (Å²) in [6.07, 6.45) is -1.88. The summed E-state index contributed by atoms with van der Waals surface area (Å²) >= 11 is 0. The van der Waals surface area contributed by atoms with Crippen LogP contribution in [-0.4, -0.2) is 83.2 Å². The molecule has 2 aliphatic rings. The third kappa shape index (κ3) is 3.34. The molecule has 0 aromatic carbocycles. The van der Waals surface area contributed by atoms with Crippen molar-refractivity contribution in [2.45, 2.75) is 49.3 Å². The zero-order chi connectivity index (χ0) is 20.9. The fourth-order valence-corrected chi connectivity index (χ4v) is 3.89. The Morgan fingerprint density at radius 2 is 1.97 bits per heavy atom. The normalized spacial score (nSPS) is 34.4. The van der Waals surface area contributed by atoms with Crippen molar-refractivity contribution < 1.29 is 35.6 Å². The summed E-state index contributed by atoms with van der Waals surface area (Å²) in [5.74, 6) is -0.124. The van der Waals surface area contributed by atoms with E-state index in [4.69, 9.17) is 10.5 Å². The number of quaternary nitrogens is 1. The van der Waals surface area contributed by atoms with E-state index < -0.39 is 55.0 Å². The Labute approximate surface area is 163 Å². The lowest BCUT2D eigenvalue weighted by Gasteiger charge is -2.17. The predicted molar refractivity (Wildman–Crippen MR) is 98.3 cm³/mol. The molecule has 1 fully saturated rings. The molecule has 10 N–H and O–H groups in total. The number of nitrogens with zero attached hydrogens (tertiary/aromatic N) is 2. The summed E-state index contributed by atoms with van der Waals surface area (Å²) in [7, 11) is 0. The molecule has 7 atom stereocenters. The number of anilines is 1. The molecule has 12 heteroatoms. The van der Waals surface area contributed by atoms with Gasteiger partial charge in [-0.05, 0) is 6.08 Å². The third-order valence-corrected chi connectivity index (χ3v) is 5.46. The van der Waals surface area contributed by atoms with Gasteiger partial charge in [0.1, 0.15) is 43.1 Å². The molecular formula is C17H24N5O7+. The average molecular weight is 410 g/mol. The van der Waals surface area contributed by atoms with Crippen molar-refractivity contribution in [3.05, 3.63) is 34.3 Å². The lowest BCUT2D eigenvalue weighted by molar-refractivity contribution is -0.700. The van der Waals surface area contributed by atoms with Crippen LogP contribution < -0.4 is 16.6 Å². The van der Waals surface area contributed by atoms with Gasteiger partial charge in [0, 0.05) is 11.8 Å². The molecule has 0 amide bonds. The highest BCUT2D eigenvalue weighted by Gasteiger charge is 2.44. The van der Waals surface area contributed by atoms with Crippen LogP contribution in [-0.2, 0) is 11.3 Å². The molecule has 0 saturated carbocycles. The summed E-state index contributed by atoms with van der Waals surface area (Å²) < 4.78 is 6.96. The molecular weight excluding hydrogens is 386 g/mol. The predicted octanol–water partition coefficient (Wildman–Crippen LogP) is -4.36. The highest BCUT2D eigenvalue weighted by atomic mass is 16.6. The maximum absolute atomic E-state index is 12.5. The topological polar surface area (TPSA) is 204 Å². The van der Waals surface area contributed by atoms with E-state index in [1.807, 2.05) is 0 Å². The van der Waals surface area contributed by atoms with Gasteiger partial charge in [0.25, 0.3) is 5.56 Å². The van der Waals surface area contributed by atoms with Crippen molar-refractivity contribution in [3.8, 4) is 0 Å². The van der Waals surface area contributed by atoms with E-state index in [-0.39, 0.29) is 23.5 Å². The number of nitrogens with one attached hydrogen (secondary N) is 1. The minimum atomic E-state index is -1.35. The Morgan fingerprint density at radius 1 is 1.21 bits per heavy atom. The Hall–Kier alpha value is -2.32. The third-order valence-electron chi connectivity index (χ3n) is 5.46. The van der Waals surface area contributed by atoms with Crippen LogP contribution >= 0.6 is 0 Å². The fourth-order valence-electron chi connectivity index (χ4n) is 3.89. The second-order valence-corrected chi connectivity index (χ2v) is 7.32. The van der Waals surface area contributed by atoms with Crippen molar-refractivity contribution in [3.63, 3.8) is 0 Å². The van der Waals surface area contributed by atoms with E-state index in [0.29, 0.717) is 5.56 Å². The summed E-state index contributed by atoms with van der Waals surface area (Å²) in [5.41, 5.74) is 5.89. The molecule has 4 rings (SSSR count). The number of aliphatic hydroxyl groups excluding tert-OH is 5. The van der Waals surface area contributed by atoms with Crippen LogP contribution in [0.5, 0.6) is 0 Å². The van der Waals surface area contributed by atoms with Crippen LogP contribution in [0.15, 0.2) is 23.1 Å². The van der Waals surface area contributed by atoms with Gasteiger partial charge in [-0.3, -0.25) is 9.78 Å². The number of hydrogen-bond donors (Lipinski definition) is 8. The molecule has 3 heterocycles. The zero-order valence-electron chi connectivity index (χ0n) is 15.3. The van der Waals surface area contributed by atoms with Crippen molar-refractivity contribution in [1.29, 1.82) is 0 Å². The molecule has 29 heavy (non-hydrogen) atoms. The molecule has 1 saturated heterocycles. The molecule has 2 aromatic heterocycles. The smallest absolute Gasteiger partial charge is 0.262 e. The van der Waals surface area contributed by atoms with E-state index >= 15 is 0 Å². The Bertz CT molecular complexity index is 988. The molecule has 158 valence electrons. The second-order valence-electron chi connectivity index (χ2n) is 7.32. The first-order valence-corrected chi connectivity index (χ1v) is 9.21. The molecule has 0 spiro atoms. The number of hydrogen-bond acceptors (Lipinski definition) is 9. The standard InChI is InChI=1S/C17H23N5O7/c18-17-20-14-10(15(28)21-17)6(3-19-7-1-2-8(24)11(7)25)4-22(14)16-13(27)12(26)9(5-23)29-16/h1-2,4,7-9,11-13,16,19,23-27H,3,5H2,(H3,18,20,21,28)/p+1/t7?,8-,9+,11+,12+,13+,16+/m0/s1. The van der Waals surface area contributed by atoms with Gasteiger partial charge in [-0.15, -0.1) is 0 Å². The molecule has 0 bridgehead atoms. The summed E-state index contributed by atoms with van der Waals surface area (Å²) in [6.45, 7) is -0.231. The number of rotatable bonds is 5. The fraction of sp³-hybridized carbons (Fsp3) is 0.529. The van der Waals surface area contributed by atoms with Crippen LogP contribution in [0.2, 0.25) is 0 Å². The number of H-pyrrole nitrogens is 1. The maximum Gasteiger partial charge on any atom is 0.262 e. The summed E-state index contributed by atoms with van der Waals surface area (Å²) in [5, 5.41) is 51.3. The van der Waals surface area contributed by atoms with Crippen LogP contribution in [0.1, 0.15) is 11.8 Å².